The molecule has 4 heterocycles. The number of benzene rings is 4. The molecule has 4 aromatic carbocycles. The number of halogens is 7. The molecule has 4 aliphatic rings. The van der Waals surface area contributed by atoms with Crippen LogP contribution in [0.25, 0.3) is 22.3 Å². The van der Waals surface area contributed by atoms with Gasteiger partial charge in [0.05, 0.1) is 37.2 Å². The highest BCUT2D eigenvalue weighted by Crippen LogP contribution is 2.39. The van der Waals surface area contributed by atoms with Crippen molar-refractivity contribution < 1.29 is 50.2 Å². The number of hydrogen-bond donors (Lipinski definition) is 0. The third-order valence-corrected chi connectivity index (χ3v) is 17.5. The highest BCUT2D eigenvalue weighted by atomic mass is 35.5. The van der Waals surface area contributed by atoms with Crippen molar-refractivity contribution in [2.45, 2.75) is 81.8 Å². The number of fused-ring (bicyclic) bond motifs is 2. The molecule has 4 unspecified atom stereocenters. The number of amides is 2. The van der Waals surface area contributed by atoms with Gasteiger partial charge < -0.3 is 19.3 Å². The Labute approximate surface area is 457 Å². The molecule has 400 valence electrons. The molecule has 14 nitrogen and oxygen atoms in total. The topological polar surface area (TPSA) is 163 Å². The molecule has 0 N–H and O–H groups in total. The van der Waals surface area contributed by atoms with Crippen LogP contribution in [-0.4, -0.2) is 106 Å². The second-order valence-corrected chi connectivity index (χ2v) is 22.8. The molecule has 4 atom stereocenters. The first-order valence-electron chi connectivity index (χ1n) is 24.5. The Morgan fingerprint density at radius 3 is 1.53 bits per heavy atom. The Balaban J connectivity index is 0.000000188. The van der Waals surface area contributed by atoms with Crippen LogP contribution < -0.4 is 0 Å². The molecule has 2 aromatic heterocycles. The van der Waals surface area contributed by atoms with Crippen molar-refractivity contribution >= 4 is 80.2 Å². The van der Waals surface area contributed by atoms with Crippen LogP contribution in [-0.2, 0) is 74.7 Å². The van der Waals surface area contributed by atoms with Gasteiger partial charge in [0, 0.05) is 76.0 Å². The molecule has 2 fully saturated rings. The molecule has 2 aliphatic heterocycles. The number of esters is 2. The minimum absolute atomic E-state index is 0.0180. The van der Waals surface area contributed by atoms with E-state index in [-0.39, 0.29) is 64.3 Å². The quantitative estimate of drug-likeness (QED) is 0.114. The van der Waals surface area contributed by atoms with Crippen molar-refractivity contribution in [1.29, 1.82) is 0 Å². The number of carbonyl (C=O) groups excluding carboxylic acids is 4. The molecule has 22 heteroatoms. The molecule has 2 saturated heterocycles. The van der Waals surface area contributed by atoms with E-state index in [4.69, 9.17) is 55.9 Å². The Hall–Kier alpha value is -5.92. The summed E-state index contributed by atoms with van der Waals surface area (Å²) in [5.74, 6) is -1.25. The molecule has 2 amide bonds. The number of carbonyl (C=O) groups is 4. The lowest BCUT2D eigenvalue weighted by atomic mass is 9.92. The summed E-state index contributed by atoms with van der Waals surface area (Å²) in [7, 11) is -0.976. The Bertz CT molecular complexity index is 3300. The van der Waals surface area contributed by atoms with Crippen LogP contribution >= 0.6 is 46.4 Å². The molecular formula is C54H51Cl4F3N6O8S. The second-order valence-electron chi connectivity index (χ2n) is 19.4. The van der Waals surface area contributed by atoms with E-state index < -0.39 is 21.5 Å². The summed E-state index contributed by atoms with van der Waals surface area (Å²) in [6, 6.07) is 21.1. The van der Waals surface area contributed by atoms with Crippen LogP contribution in [0.15, 0.2) is 85.2 Å². The maximum absolute atomic E-state index is 13.4. The first-order valence-corrected chi connectivity index (χ1v) is 27.4. The molecular weight excluding hydrogens is 1090 g/mol. The van der Waals surface area contributed by atoms with Crippen LogP contribution in [0.3, 0.4) is 0 Å². The number of methoxy groups -OCH3 is 2. The van der Waals surface area contributed by atoms with E-state index >= 15 is 0 Å². The van der Waals surface area contributed by atoms with Gasteiger partial charge in [-0.05, 0) is 157 Å². The van der Waals surface area contributed by atoms with Gasteiger partial charge in [0.25, 0.3) is 0 Å². The SMILES string of the molecule is COC(=O)c1ccc(-c2cc(Cl)c(CC3CCN(C4CCc5c(cnn5C)C4)C3=O)c(Cl)c2)cc1.COC(=O)c1ccc(-c2cc(Cl)c(CC3CCN(C4CCc5nn(S(=O)(=O)C(F)(F)F)cc5C4)C3=O)c(Cl)c2)cc1. The fraction of sp³-hybridized carbons (Fsp3) is 0.370. The predicted molar refractivity (Wildman–Crippen MR) is 281 cm³/mol. The van der Waals surface area contributed by atoms with E-state index in [0.717, 1.165) is 66.2 Å². The molecule has 0 bridgehead atoms. The van der Waals surface area contributed by atoms with Crippen LogP contribution in [0.1, 0.15) is 80.0 Å². The van der Waals surface area contributed by atoms with Crippen molar-refractivity contribution in [3.8, 4) is 22.3 Å². The number of hydrogen-bond acceptors (Lipinski definition) is 10. The van der Waals surface area contributed by atoms with Crippen molar-refractivity contribution in [3.63, 3.8) is 0 Å². The molecule has 76 heavy (non-hydrogen) atoms. The number of aromatic nitrogens is 4. The molecule has 0 radical (unpaired) electrons. The zero-order valence-electron chi connectivity index (χ0n) is 41.4. The van der Waals surface area contributed by atoms with Gasteiger partial charge in [-0.1, -0.05) is 70.7 Å². The summed E-state index contributed by atoms with van der Waals surface area (Å²) in [4.78, 5) is 53.9. The van der Waals surface area contributed by atoms with Crippen molar-refractivity contribution in [2.24, 2.45) is 18.9 Å². The fourth-order valence-corrected chi connectivity index (χ4v) is 12.7. The lowest BCUT2D eigenvalue weighted by molar-refractivity contribution is -0.133. The number of nitrogens with zero attached hydrogens (tertiary/aromatic N) is 6. The standard InChI is InChI=1S/C27H24Cl2F3N3O5S.C27H27Cl2N3O3/c1-40-26(37)16-4-2-15(3-5-16)18-12-22(28)21(23(29)13-18)11-17-8-9-34(25(17)36)20-6-7-24-19(10-20)14-35(33-24)41(38,39)27(30,31)32;1-31-25-8-7-21(11-20(25)15-30-31)32-10-9-18(26(32)33)12-22-23(28)13-19(14-24(22)29)16-3-5-17(6-4-16)27(34)35-2/h2-5,12-14,17,20H,6-11H2,1H3;3-6,13-15,18,21H,7-12H2,1-2H3. The minimum atomic E-state index is -5.62. The number of aryl methyl sites for hydroxylation is 2. The number of likely N-dealkylation sites (tertiary alicyclic amines) is 2. The summed E-state index contributed by atoms with van der Waals surface area (Å²) in [6.45, 7) is 1.22. The summed E-state index contributed by atoms with van der Waals surface area (Å²) < 4.78 is 73.8. The lowest BCUT2D eigenvalue weighted by Crippen LogP contribution is -2.41. The zero-order chi connectivity index (χ0) is 54.4. The Kier molecular flexibility index (Phi) is 16.0. The average Bonchev–Trinajstić information content (AvgIpc) is 4.21. The van der Waals surface area contributed by atoms with Gasteiger partial charge in [-0.15, -0.1) is 0 Å². The van der Waals surface area contributed by atoms with Gasteiger partial charge in [0.1, 0.15) is 0 Å². The van der Waals surface area contributed by atoms with E-state index in [1.54, 1.807) is 53.4 Å². The van der Waals surface area contributed by atoms with Gasteiger partial charge in [0.15, 0.2) is 0 Å². The van der Waals surface area contributed by atoms with Crippen molar-refractivity contribution in [1.82, 2.24) is 28.8 Å². The van der Waals surface area contributed by atoms with Gasteiger partial charge in [-0.2, -0.15) is 35.9 Å². The summed E-state index contributed by atoms with van der Waals surface area (Å²) in [5.41, 5.74) is 3.34. The highest BCUT2D eigenvalue weighted by Gasteiger charge is 2.49. The largest absolute Gasteiger partial charge is 0.518 e. The fourth-order valence-electron chi connectivity index (χ4n) is 10.8. The van der Waals surface area contributed by atoms with E-state index in [2.05, 4.69) is 15.1 Å². The normalized spacial score (nSPS) is 19.5. The van der Waals surface area contributed by atoms with Crippen LogP contribution in [0.4, 0.5) is 13.2 Å². The van der Waals surface area contributed by atoms with Gasteiger partial charge in [-0.25, -0.2) is 9.59 Å². The van der Waals surface area contributed by atoms with Gasteiger partial charge in [-0.3, -0.25) is 14.3 Å². The monoisotopic (exact) mass is 1140 g/mol. The average molecular weight is 1140 g/mol. The Morgan fingerprint density at radius 2 is 1.09 bits per heavy atom. The zero-order valence-corrected chi connectivity index (χ0v) is 45.2. The van der Waals surface area contributed by atoms with Gasteiger partial charge in [0.2, 0.25) is 11.8 Å². The van der Waals surface area contributed by atoms with E-state index in [1.807, 2.05) is 42.2 Å². The summed E-state index contributed by atoms with van der Waals surface area (Å²) >= 11 is 26.5. The predicted octanol–water partition coefficient (Wildman–Crippen LogP) is 10.4. The van der Waals surface area contributed by atoms with Crippen LogP contribution in [0, 0.1) is 11.8 Å². The maximum Gasteiger partial charge on any atom is 0.518 e. The third kappa shape index (κ3) is 11.1. The number of rotatable bonds is 11. The molecule has 2 aliphatic carbocycles. The van der Waals surface area contributed by atoms with Crippen molar-refractivity contribution in [2.75, 3.05) is 27.3 Å². The van der Waals surface area contributed by atoms with E-state index in [9.17, 15) is 40.8 Å². The Morgan fingerprint density at radius 1 is 0.658 bits per heavy atom. The number of ether oxygens (including phenoxy) is 2. The second kappa shape index (κ2) is 22.2. The summed E-state index contributed by atoms with van der Waals surface area (Å²) in [5, 5.41) is 9.93. The molecule has 0 spiro atoms. The maximum atomic E-state index is 13.4. The smallest absolute Gasteiger partial charge is 0.465 e. The molecule has 0 saturated carbocycles. The van der Waals surface area contributed by atoms with Crippen LogP contribution in [0.2, 0.25) is 20.1 Å². The number of alkyl halides is 3. The molecule has 6 aromatic rings. The van der Waals surface area contributed by atoms with Gasteiger partial charge >= 0.3 is 27.5 Å². The molecule has 10 rings (SSSR count). The van der Waals surface area contributed by atoms with E-state index in [1.165, 1.54) is 25.5 Å². The highest BCUT2D eigenvalue weighted by molar-refractivity contribution is 7.90. The first kappa shape index (κ1) is 54.9. The van der Waals surface area contributed by atoms with Crippen molar-refractivity contribution in [3.05, 3.63) is 150 Å². The minimum Gasteiger partial charge on any atom is -0.465 e. The summed E-state index contributed by atoms with van der Waals surface area (Å²) in [6.07, 6.45) is 8.74. The van der Waals surface area contributed by atoms with Crippen LogP contribution in [0.5, 0.6) is 0 Å². The third-order valence-electron chi connectivity index (χ3n) is 14.9. The van der Waals surface area contributed by atoms with E-state index in [0.29, 0.717) is 74.6 Å². The first-order chi connectivity index (χ1) is 36.1. The lowest BCUT2D eigenvalue weighted by Gasteiger charge is -2.31.